The Bertz CT molecular complexity index is 931. The number of oxazole rings is 1. The summed E-state index contributed by atoms with van der Waals surface area (Å²) in [6, 6.07) is 1.17. The Morgan fingerprint density at radius 1 is 1.55 bits per heavy atom. The zero-order valence-electron chi connectivity index (χ0n) is 10.3. The fraction of sp³-hybridized carbons (Fsp3) is 0.231. The van der Waals surface area contributed by atoms with Gasteiger partial charge < -0.3 is 9.15 Å². The molecule has 0 bridgehead atoms. The quantitative estimate of drug-likeness (QED) is 0.632. The average molecular weight is 339 g/mol. The molecule has 4 rings (SSSR count). The summed E-state index contributed by atoms with van der Waals surface area (Å²) in [6.07, 6.45) is 1.19. The topological polar surface area (TPSA) is 57.3 Å². The third-order valence-electron chi connectivity index (χ3n) is 3.53. The molecule has 1 aliphatic heterocycles. The third-order valence-corrected chi connectivity index (χ3v) is 4.27. The molecule has 1 aromatic carbocycles. The molecule has 20 heavy (non-hydrogen) atoms. The van der Waals surface area contributed by atoms with Crippen LogP contribution in [0, 0.1) is 5.82 Å². The van der Waals surface area contributed by atoms with Gasteiger partial charge in [-0.2, -0.15) is 0 Å². The predicted octanol–water partition coefficient (Wildman–Crippen LogP) is 3.00. The summed E-state index contributed by atoms with van der Waals surface area (Å²) in [5.74, 6) is -0.140. The Morgan fingerprint density at radius 3 is 3.15 bits per heavy atom. The summed E-state index contributed by atoms with van der Waals surface area (Å²) in [5.41, 5.74) is 0.772. The van der Waals surface area contributed by atoms with Crippen LogP contribution in [0.1, 0.15) is 13.0 Å². The molecule has 0 radical (unpaired) electrons. The van der Waals surface area contributed by atoms with Gasteiger partial charge in [0.2, 0.25) is 0 Å². The van der Waals surface area contributed by atoms with Crippen molar-refractivity contribution in [1.82, 2.24) is 9.55 Å². The van der Waals surface area contributed by atoms with Crippen LogP contribution in [0.2, 0.25) is 0 Å². The molecule has 0 aliphatic carbocycles. The second-order valence-corrected chi connectivity index (χ2v) is 5.56. The summed E-state index contributed by atoms with van der Waals surface area (Å²) < 4.78 is 26.7. The van der Waals surface area contributed by atoms with E-state index in [1.165, 1.54) is 12.5 Å². The van der Waals surface area contributed by atoms with Crippen LogP contribution in [0.4, 0.5) is 4.39 Å². The first-order valence-electron chi connectivity index (χ1n) is 6.01. The smallest absolute Gasteiger partial charge is 0.281 e. The van der Waals surface area contributed by atoms with E-state index < -0.39 is 5.82 Å². The van der Waals surface area contributed by atoms with Crippen LogP contribution in [0.25, 0.3) is 22.0 Å². The lowest BCUT2D eigenvalue weighted by Gasteiger charge is -2.26. The summed E-state index contributed by atoms with van der Waals surface area (Å²) >= 11 is 3.17. The molecule has 0 saturated heterocycles. The first-order chi connectivity index (χ1) is 9.59. The number of halogens is 2. The minimum Gasteiger partial charge on any atom is -0.488 e. The molecule has 102 valence electrons. The van der Waals surface area contributed by atoms with Gasteiger partial charge in [-0.25, -0.2) is 9.37 Å². The van der Waals surface area contributed by atoms with Gasteiger partial charge in [0.05, 0.1) is 21.4 Å². The second kappa shape index (κ2) is 3.82. The van der Waals surface area contributed by atoms with Crippen LogP contribution in [-0.4, -0.2) is 16.2 Å². The van der Waals surface area contributed by atoms with E-state index in [0.29, 0.717) is 23.3 Å². The monoisotopic (exact) mass is 338 g/mol. The van der Waals surface area contributed by atoms with Crippen LogP contribution in [0.5, 0.6) is 5.75 Å². The van der Waals surface area contributed by atoms with Crippen molar-refractivity contribution in [1.29, 1.82) is 0 Å². The predicted molar refractivity (Wildman–Crippen MR) is 73.6 cm³/mol. The molecule has 1 aliphatic rings. The number of hydrogen-bond acceptors (Lipinski definition) is 4. The van der Waals surface area contributed by atoms with Crippen molar-refractivity contribution < 1.29 is 13.5 Å². The fourth-order valence-corrected chi connectivity index (χ4v) is 3.06. The van der Waals surface area contributed by atoms with Crippen LogP contribution >= 0.6 is 15.9 Å². The van der Waals surface area contributed by atoms with Gasteiger partial charge in [0, 0.05) is 0 Å². The number of nitrogens with zero attached hydrogens (tertiary/aromatic N) is 2. The van der Waals surface area contributed by atoms with E-state index in [0.717, 1.165) is 0 Å². The maximum absolute atomic E-state index is 14.0. The summed E-state index contributed by atoms with van der Waals surface area (Å²) in [6.45, 7) is 2.17. The van der Waals surface area contributed by atoms with Crippen molar-refractivity contribution in [3.8, 4) is 5.75 Å². The van der Waals surface area contributed by atoms with Gasteiger partial charge in [0.1, 0.15) is 12.4 Å². The Kier molecular flexibility index (Phi) is 2.27. The molecule has 0 spiro atoms. The van der Waals surface area contributed by atoms with E-state index in [2.05, 4.69) is 20.9 Å². The van der Waals surface area contributed by atoms with E-state index in [1.807, 2.05) is 6.92 Å². The van der Waals surface area contributed by atoms with Crippen LogP contribution in [0.15, 0.2) is 26.1 Å². The number of hydrogen-bond donors (Lipinski definition) is 0. The first-order valence-corrected chi connectivity index (χ1v) is 6.81. The number of pyridine rings is 1. The zero-order valence-corrected chi connectivity index (χ0v) is 11.9. The summed E-state index contributed by atoms with van der Waals surface area (Å²) in [7, 11) is 0. The molecular weight excluding hydrogens is 331 g/mol. The Balaban J connectivity index is 2.39. The molecule has 2 aromatic heterocycles. The van der Waals surface area contributed by atoms with E-state index in [4.69, 9.17) is 9.15 Å². The van der Waals surface area contributed by atoms with Crippen molar-refractivity contribution in [2.24, 2.45) is 0 Å². The van der Waals surface area contributed by atoms with E-state index in [1.54, 1.807) is 4.57 Å². The SMILES string of the molecule is C[C@H]1COc2c(Br)c(F)cc3c4ocnc4c(=O)n1c23. The molecular formula is C13H8BrFN2O3. The highest BCUT2D eigenvalue weighted by Crippen LogP contribution is 2.41. The van der Waals surface area contributed by atoms with Gasteiger partial charge in [0.15, 0.2) is 23.2 Å². The Labute approximate surface area is 120 Å². The zero-order chi connectivity index (χ0) is 14.0. The third kappa shape index (κ3) is 1.30. The van der Waals surface area contributed by atoms with Crippen molar-refractivity contribution >= 4 is 37.9 Å². The molecule has 5 nitrogen and oxygen atoms in total. The highest BCUT2D eigenvalue weighted by molar-refractivity contribution is 9.10. The van der Waals surface area contributed by atoms with Crippen molar-refractivity contribution in [2.45, 2.75) is 13.0 Å². The molecule has 0 fully saturated rings. The second-order valence-electron chi connectivity index (χ2n) is 4.76. The first kappa shape index (κ1) is 11.9. The minimum absolute atomic E-state index is 0.157. The van der Waals surface area contributed by atoms with E-state index in [-0.39, 0.29) is 27.2 Å². The average Bonchev–Trinajstić information content (AvgIpc) is 2.91. The molecule has 3 heterocycles. The minimum atomic E-state index is -0.468. The number of rotatable bonds is 0. The van der Waals surface area contributed by atoms with Crippen molar-refractivity contribution in [2.75, 3.05) is 6.61 Å². The largest absolute Gasteiger partial charge is 0.488 e. The van der Waals surface area contributed by atoms with Gasteiger partial charge in [-0.3, -0.25) is 9.36 Å². The number of benzene rings is 1. The molecule has 0 amide bonds. The number of fused-ring (bicyclic) bond motifs is 2. The van der Waals surface area contributed by atoms with E-state index in [9.17, 15) is 9.18 Å². The summed E-state index contributed by atoms with van der Waals surface area (Å²) in [4.78, 5) is 16.4. The van der Waals surface area contributed by atoms with E-state index >= 15 is 0 Å². The molecule has 3 aromatic rings. The molecule has 0 saturated carbocycles. The van der Waals surface area contributed by atoms with Gasteiger partial charge in [0.25, 0.3) is 5.56 Å². The maximum atomic E-state index is 14.0. The number of ether oxygens (including phenoxy) is 1. The number of aromatic nitrogens is 2. The lowest BCUT2D eigenvalue weighted by atomic mass is 10.1. The molecule has 0 N–H and O–H groups in total. The van der Waals surface area contributed by atoms with Crippen molar-refractivity contribution in [3.63, 3.8) is 0 Å². The highest BCUT2D eigenvalue weighted by atomic mass is 79.9. The fourth-order valence-electron chi connectivity index (χ4n) is 2.64. The normalized spacial score (nSPS) is 17.6. The van der Waals surface area contributed by atoms with Gasteiger partial charge in [-0.1, -0.05) is 0 Å². The summed E-state index contributed by atoms with van der Waals surface area (Å²) in [5, 5.41) is 0.486. The van der Waals surface area contributed by atoms with Gasteiger partial charge in [-0.05, 0) is 28.9 Å². The molecule has 7 heteroatoms. The lowest BCUT2D eigenvalue weighted by molar-refractivity contribution is 0.242. The standard InChI is InChI=1S/C13H8BrFN2O3/c1-5-3-19-12-8(14)7(15)2-6-10(12)17(5)13(18)9-11(6)20-4-16-9/h2,4-5H,3H2,1H3/t5-/m0/s1. The van der Waals surface area contributed by atoms with Crippen LogP contribution in [0.3, 0.4) is 0 Å². The van der Waals surface area contributed by atoms with Gasteiger partial charge >= 0.3 is 0 Å². The van der Waals surface area contributed by atoms with Crippen molar-refractivity contribution in [3.05, 3.63) is 33.1 Å². The maximum Gasteiger partial charge on any atom is 0.281 e. The van der Waals surface area contributed by atoms with Crippen LogP contribution in [-0.2, 0) is 0 Å². The van der Waals surface area contributed by atoms with Gasteiger partial charge in [-0.15, -0.1) is 0 Å². The van der Waals surface area contributed by atoms with Crippen LogP contribution < -0.4 is 10.3 Å². The lowest BCUT2D eigenvalue weighted by Crippen LogP contribution is -2.31. The molecule has 1 atom stereocenters. The Morgan fingerprint density at radius 2 is 2.35 bits per heavy atom. The molecule has 0 unspecified atom stereocenters. The highest BCUT2D eigenvalue weighted by Gasteiger charge is 2.28. The Hall–Kier alpha value is -1.89.